The van der Waals surface area contributed by atoms with E-state index in [1.165, 1.54) is 0 Å². The molecule has 18 heavy (non-hydrogen) atoms. The number of aromatic nitrogens is 1. The number of benzene rings is 1. The molecule has 2 aromatic rings. The highest BCUT2D eigenvalue weighted by molar-refractivity contribution is 9.10. The fourth-order valence-corrected chi connectivity index (χ4v) is 1.98. The monoisotopic (exact) mass is 305 g/mol. The van der Waals surface area contributed by atoms with E-state index in [-0.39, 0.29) is 6.04 Å². The highest BCUT2D eigenvalue weighted by Gasteiger charge is 2.09. The minimum atomic E-state index is 0.0827. The summed E-state index contributed by atoms with van der Waals surface area (Å²) >= 11 is 3.42. The summed E-state index contributed by atoms with van der Waals surface area (Å²) in [6.45, 7) is 2.50. The van der Waals surface area contributed by atoms with Crippen LogP contribution in [0, 0.1) is 6.92 Å². The molecule has 0 aliphatic heterocycles. The Balaban J connectivity index is 2.14. The third kappa shape index (κ3) is 3.31. The van der Waals surface area contributed by atoms with Crippen LogP contribution in [0.15, 0.2) is 47.1 Å². The Morgan fingerprint density at radius 2 is 1.94 bits per heavy atom. The molecule has 0 radical (unpaired) electrons. The molecule has 1 atom stereocenters. The van der Waals surface area contributed by atoms with Crippen molar-refractivity contribution in [2.45, 2.75) is 13.0 Å². The molecule has 0 aliphatic carbocycles. The molecular formula is C14H16BrN3. The van der Waals surface area contributed by atoms with Crippen molar-refractivity contribution < 1.29 is 0 Å². The molecule has 1 heterocycles. The molecular weight excluding hydrogens is 290 g/mol. The Kier molecular flexibility index (Phi) is 4.33. The van der Waals surface area contributed by atoms with E-state index in [0.29, 0.717) is 6.54 Å². The topological polar surface area (TPSA) is 50.9 Å². The minimum Gasteiger partial charge on any atom is -0.377 e. The maximum absolute atomic E-state index is 5.82. The second kappa shape index (κ2) is 5.98. The number of anilines is 1. The number of nitrogens with one attached hydrogen (secondary N) is 1. The van der Waals surface area contributed by atoms with Gasteiger partial charge in [0.05, 0.1) is 6.04 Å². The first-order valence-corrected chi connectivity index (χ1v) is 6.63. The van der Waals surface area contributed by atoms with Crippen molar-refractivity contribution in [2.75, 3.05) is 11.9 Å². The lowest BCUT2D eigenvalue weighted by molar-refractivity contribution is 0.783. The normalized spacial score (nSPS) is 12.2. The second-order valence-corrected chi connectivity index (χ2v) is 5.09. The van der Waals surface area contributed by atoms with E-state index in [0.717, 1.165) is 21.4 Å². The average Bonchev–Trinajstić information content (AvgIpc) is 2.39. The van der Waals surface area contributed by atoms with E-state index < -0.39 is 0 Å². The molecule has 1 unspecified atom stereocenters. The molecule has 0 bridgehead atoms. The zero-order valence-corrected chi connectivity index (χ0v) is 11.8. The quantitative estimate of drug-likeness (QED) is 0.911. The van der Waals surface area contributed by atoms with Gasteiger partial charge in [0.2, 0.25) is 0 Å². The standard InChI is InChI=1S/C14H16BrN3/c1-10-2-3-11(9-17-10)14(8-16)18-13-6-4-12(15)5-7-13/h2-7,9,14,18H,8,16H2,1H3. The van der Waals surface area contributed by atoms with E-state index >= 15 is 0 Å². The van der Waals surface area contributed by atoms with Crippen LogP contribution in [-0.4, -0.2) is 11.5 Å². The van der Waals surface area contributed by atoms with Crippen LogP contribution in [0.25, 0.3) is 0 Å². The first-order chi connectivity index (χ1) is 8.69. The van der Waals surface area contributed by atoms with Crippen LogP contribution in [0.4, 0.5) is 5.69 Å². The van der Waals surface area contributed by atoms with E-state index in [1.807, 2.05) is 43.5 Å². The molecule has 2 rings (SSSR count). The van der Waals surface area contributed by atoms with Crippen molar-refractivity contribution in [1.29, 1.82) is 0 Å². The number of hydrogen-bond donors (Lipinski definition) is 2. The number of hydrogen-bond acceptors (Lipinski definition) is 3. The van der Waals surface area contributed by atoms with Gasteiger partial charge in [-0.15, -0.1) is 0 Å². The van der Waals surface area contributed by atoms with Gasteiger partial charge in [-0.3, -0.25) is 4.98 Å². The van der Waals surface area contributed by atoms with E-state index in [2.05, 4.69) is 32.3 Å². The Morgan fingerprint density at radius 3 is 2.50 bits per heavy atom. The molecule has 3 N–H and O–H groups in total. The van der Waals surface area contributed by atoms with Crippen LogP contribution in [0.3, 0.4) is 0 Å². The number of nitrogens with two attached hydrogens (primary N) is 1. The lowest BCUT2D eigenvalue weighted by Gasteiger charge is -2.18. The van der Waals surface area contributed by atoms with Gasteiger partial charge in [-0.1, -0.05) is 22.0 Å². The van der Waals surface area contributed by atoms with Crippen molar-refractivity contribution in [3.05, 3.63) is 58.3 Å². The average molecular weight is 306 g/mol. The maximum atomic E-state index is 5.82. The fourth-order valence-electron chi connectivity index (χ4n) is 1.71. The number of rotatable bonds is 4. The van der Waals surface area contributed by atoms with Crippen molar-refractivity contribution in [3.8, 4) is 0 Å². The van der Waals surface area contributed by atoms with Crippen LogP contribution >= 0.6 is 15.9 Å². The maximum Gasteiger partial charge on any atom is 0.0651 e. The summed E-state index contributed by atoms with van der Waals surface area (Å²) < 4.78 is 1.06. The van der Waals surface area contributed by atoms with E-state index in [9.17, 15) is 0 Å². The Bertz CT molecular complexity index is 493. The van der Waals surface area contributed by atoms with Crippen molar-refractivity contribution in [2.24, 2.45) is 5.73 Å². The lowest BCUT2D eigenvalue weighted by atomic mass is 10.1. The molecule has 0 fully saturated rings. The third-order valence-electron chi connectivity index (χ3n) is 2.76. The Hall–Kier alpha value is -1.39. The summed E-state index contributed by atoms with van der Waals surface area (Å²) in [4.78, 5) is 4.30. The molecule has 3 nitrogen and oxygen atoms in total. The van der Waals surface area contributed by atoms with Crippen LogP contribution in [-0.2, 0) is 0 Å². The molecule has 94 valence electrons. The van der Waals surface area contributed by atoms with Gasteiger partial charge in [0, 0.05) is 28.6 Å². The molecule has 0 saturated carbocycles. The zero-order chi connectivity index (χ0) is 13.0. The summed E-state index contributed by atoms with van der Waals surface area (Å²) in [6.07, 6.45) is 1.87. The van der Waals surface area contributed by atoms with Gasteiger partial charge in [-0.25, -0.2) is 0 Å². The predicted octanol–water partition coefficient (Wildman–Crippen LogP) is 3.26. The molecule has 0 spiro atoms. The number of pyridine rings is 1. The Labute approximate surface area is 116 Å². The van der Waals surface area contributed by atoms with Crippen LogP contribution in [0.2, 0.25) is 0 Å². The molecule has 4 heteroatoms. The zero-order valence-electron chi connectivity index (χ0n) is 10.2. The minimum absolute atomic E-state index is 0.0827. The van der Waals surface area contributed by atoms with E-state index in [1.54, 1.807) is 0 Å². The first-order valence-electron chi connectivity index (χ1n) is 5.84. The fraction of sp³-hybridized carbons (Fsp3) is 0.214. The smallest absolute Gasteiger partial charge is 0.0651 e. The second-order valence-electron chi connectivity index (χ2n) is 4.17. The SMILES string of the molecule is Cc1ccc(C(CN)Nc2ccc(Br)cc2)cn1. The van der Waals surface area contributed by atoms with Gasteiger partial charge in [-0.2, -0.15) is 0 Å². The number of halogens is 1. The third-order valence-corrected chi connectivity index (χ3v) is 3.29. The molecule has 0 aliphatic rings. The largest absolute Gasteiger partial charge is 0.377 e. The van der Waals surface area contributed by atoms with Crippen molar-refractivity contribution in [3.63, 3.8) is 0 Å². The summed E-state index contributed by atoms with van der Waals surface area (Å²) in [7, 11) is 0. The van der Waals surface area contributed by atoms with Crippen LogP contribution in [0.5, 0.6) is 0 Å². The van der Waals surface area contributed by atoms with Crippen LogP contribution < -0.4 is 11.1 Å². The van der Waals surface area contributed by atoms with Crippen LogP contribution in [0.1, 0.15) is 17.3 Å². The van der Waals surface area contributed by atoms with Gasteiger partial charge in [0.1, 0.15) is 0 Å². The lowest BCUT2D eigenvalue weighted by Crippen LogP contribution is -2.20. The van der Waals surface area contributed by atoms with Gasteiger partial charge in [0.25, 0.3) is 0 Å². The van der Waals surface area contributed by atoms with Gasteiger partial charge < -0.3 is 11.1 Å². The predicted molar refractivity (Wildman–Crippen MR) is 78.5 cm³/mol. The highest BCUT2D eigenvalue weighted by atomic mass is 79.9. The Morgan fingerprint density at radius 1 is 1.22 bits per heavy atom. The summed E-state index contributed by atoms with van der Waals surface area (Å²) in [5, 5.41) is 3.41. The summed E-state index contributed by atoms with van der Waals surface area (Å²) in [5.74, 6) is 0. The van der Waals surface area contributed by atoms with E-state index in [4.69, 9.17) is 5.73 Å². The van der Waals surface area contributed by atoms with Crippen molar-refractivity contribution in [1.82, 2.24) is 4.98 Å². The first kappa shape index (κ1) is 13.1. The summed E-state index contributed by atoms with van der Waals surface area (Å²) in [5.41, 5.74) is 8.99. The molecule has 1 aromatic carbocycles. The molecule has 0 saturated heterocycles. The summed E-state index contributed by atoms with van der Waals surface area (Å²) in [6, 6.07) is 12.2. The highest BCUT2D eigenvalue weighted by Crippen LogP contribution is 2.20. The number of nitrogens with zero attached hydrogens (tertiary/aromatic N) is 1. The number of aryl methyl sites for hydroxylation is 1. The van der Waals surface area contributed by atoms with Gasteiger partial charge >= 0.3 is 0 Å². The van der Waals surface area contributed by atoms with Gasteiger partial charge in [-0.05, 0) is 42.8 Å². The molecule has 0 amide bonds. The van der Waals surface area contributed by atoms with Crippen molar-refractivity contribution >= 4 is 21.6 Å². The van der Waals surface area contributed by atoms with Gasteiger partial charge in [0.15, 0.2) is 0 Å². The molecule has 1 aromatic heterocycles.